The number of sulfonamides is 1. The molecule has 2 aromatic heterocycles. The fourth-order valence-corrected chi connectivity index (χ4v) is 3.58. The van der Waals surface area contributed by atoms with E-state index >= 15 is 0 Å². The van der Waals surface area contributed by atoms with Gasteiger partial charge in [0.15, 0.2) is 0 Å². The van der Waals surface area contributed by atoms with Gasteiger partial charge in [0, 0.05) is 24.7 Å². The predicted molar refractivity (Wildman–Crippen MR) is 86.9 cm³/mol. The third-order valence-corrected chi connectivity index (χ3v) is 4.75. The van der Waals surface area contributed by atoms with Crippen LogP contribution in [0, 0.1) is 0 Å². The molecule has 1 aromatic carbocycles. The van der Waals surface area contributed by atoms with Crippen LogP contribution in [-0.2, 0) is 17.1 Å². The number of aromatic nitrogens is 3. The van der Waals surface area contributed by atoms with Crippen LogP contribution < -0.4 is 9.46 Å². The highest BCUT2D eigenvalue weighted by Crippen LogP contribution is 2.30. The van der Waals surface area contributed by atoms with Gasteiger partial charge in [-0.05, 0) is 31.2 Å². The lowest BCUT2D eigenvalue weighted by Crippen LogP contribution is -2.16. The van der Waals surface area contributed by atoms with Crippen LogP contribution in [0.2, 0.25) is 0 Å². The molecule has 23 heavy (non-hydrogen) atoms. The van der Waals surface area contributed by atoms with Crippen LogP contribution in [0.1, 0.15) is 6.92 Å². The number of nitrogens with one attached hydrogen (secondary N) is 1. The smallest absolute Gasteiger partial charge is 0.263 e. The summed E-state index contributed by atoms with van der Waals surface area (Å²) in [5.74, 6) is 0.943. The largest absolute Gasteiger partial charge is 0.492 e. The van der Waals surface area contributed by atoms with Crippen molar-refractivity contribution >= 4 is 26.7 Å². The second-order valence-electron chi connectivity index (χ2n) is 4.84. The summed E-state index contributed by atoms with van der Waals surface area (Å²) in [4.78, 5) is 4.40. The van der Waals surface area contributed by atoms with Gasteiger partial charge >= 0.3 is 0 Å². The number of anilines is 1. The Morgan fingerprint density at radius 2 is 2.04 bits per heavy atom. The minimum absolute atomic E-state index is 0.144. The van der Waals surface area contributed by atoms with Crippen molar-refractivity contribution in [3.8, 4) is 5.75 Å². The van der Waals surface area contributed by atoms with E-state index in [9.17, 15) is 8.42 Å². The molecule has 0 unspecified atom stereocenters. The van der Waals surface area contributed by atoms with Gasteiger partial charge in [0.2, 0.25) is 0 Å². The topological polar surface area (TPSA) is 86.1 Å². The molecule has 0 saturated heterocycles. The van der Waals surface area contributed by atoms with E-state index in [0.717, 1.165) is 0 Å². The van der Waals surface area contributed by atoms with Crippen molar-refractivity contribution < 1.29 is 13.2 Å². The van der Waals surface area contributed by atoms with E-state index in [1.165, 1.54) is 16.9 Å². The van der Waals surface area contributed by atoms with Gasteiger partial charge < -0.3 is 4.74 Å². The number of rotatable bonds is 5. The number of hydrogen-bond donors (Lipinski definition) is 1. The monoisotopic (exact) mass is 332 g/mol. The molecule has 1 N–H and O–H groups in total. The summed E-state index contributed by atoms with van der Waals surface area (Å²) < 4.78 is 34.9. The lowest BCUT2D eigenvalue weighted by molar-refractivity contribution is 0.343. The highest BCUT2D eigenvalue weighted by atomic mass is 32.2. The van der Waals surface area contributed by atoms with Crippen molar-refractivity contribution in [3.05, 3.63) is 42.7 Å². The van der Waals surface area contributed by atoms with Crippen LogP contribution in [0.3, 0.4) is 0 Å². The standard InChI is InChI=1S/C15H16N4O3S/c1-3-22-12-6-7-13(11-5-4-9-16-15(11)12)23(20,21)18-14-8-10-17-19(14)2/h4-10,18H,3H2,1-2H3. The van der Waals surface area contributed by atoms with Crippen molar-refractivity contribution in [1.82, 2.24) is 14.8 Å². The molecule has 8 heteroatoms. The number of aryl methyl sites for hydroxylation is 1. The second-order valence-corrected chi connectivity index (χ2v) is 6.49. The molecule has 0 aliphatic rings. The molecule has 0 aliphatic heterocycles. The second kappa shape index (κ2) is 5.88. The maximum atomic E-state index is 12.7. The quantitative estimate of drug-likeness (QED) is 0.774. The van der Waals surface area contributed by atoms with Crippen LogP contribution in [0.25, 0.3) is 10.9 Å². The van der Waals surface area contributed by atoms with Gasteiger partial charge in [-0.2, -0.15) is 5.10 Å². The van der Waals surface area contributed by atoms with Crippen LogP contribution in [-0.4, -0.2) is 29.8 Å². The fourth-order valence-electron chi connectivity index (χ4n) is 2.29. The van der Waals surface area contributed by atoms with Gasteiger partial charge in [0.1, 0.15) is 17.1 Å². The highest BCUT2D eigenvalue weighted by molar-refractivity contribution is 7.93. The van der Waals surface area contributed by atoms with Crippen LogP contribution >= 0.6 is 0 Å². The zero-order valence-corrected chi connectivity index (χ0v) is 13.5. The summed E-state index contributed by atoms with van der Waals surface area (Å²) in [5.41, 5.74) is 0.516. The SMILES string of the molecule is CCOc1ccc(S(=O)(=O)Nc2ccnn2C)c2cccnc12. The number of pyridine rings is 1. The number of benzene rings is 1. The summed E-state index contributed by atoms with van der Waals surface area (Å²) in [6, 6.07) is 8.14. The number of ether oxygens (including phenoxy) is 1. The van der Waals surface area contributed by atoms with Gasteiger partial charge in [-0.15, -0.1) is 0 Å². The Morgan fingerprint density at radius 1 is 1.22 bits per heavy atom. The zero-order chi connectivity index (χ0) is 16.4. The first-order chi connectivity index (χ1) is 11.0. The average molecular weight is 332 g/mol. The molecule has 0 bridgehead atoms. The van der Waals surface area contributed by atoms with E-state index in [-0.39, 0.29) is 4.90 Å². The summed E-state index contributed by atoms with van der Waals surface area (Å²) in [7, 11) is -2.11. The van der Waals surface area contributed by atoms with Crippen molar-refractivity contribution in [2.75, 3.05) is 11.3 Å². The maximum absolute atomic E-state index is 12.7. The molecule has 0 saturated carbocycles. The molecule has 3 rings (SSSR count). The van der Waals surface area contributed by atoms with Gasteiger partial charge in [0.05, 0.1) is 17.7 Å². The van der Waals surface area contributed by atoms with E-state index in [1.54, 1.807) is 37.5 Å². The normalized spacial score (nSPS) is 11.6. The Kier molecular flexibility index (Phi) is 3.91. The summed E-state index contributed by atoms with van der Waals surface area (Å²) in [5, 5.41) is 4.46. The van der Waals surface area contributed by atoms with Crippen molar-refractivity contribution in [3.63, 3.8) is 0 Å². The summed E-state index contributed by atoms with van der Waals surface area (Å²) in [6.07, 6.45) is 3.13. The van der Waals surface area contributed by atoms with E-state index in [2.05, 4.69) is 14.8 Å². The lowest BCUT2D eigenvalue weighted by atomic mass is 10.2. The zero-order valence-electron chi connectivity index (χ0n) is 12.7. The third kappa shape index (κ3) is 2.85. The molecule has 0 amide bonds. The molecular formula is C15H16N4O3S. The van der Waals surface area contributed by atoms with Gasteiger partial charge in [-0.3, -0.25) is 14.4 Å². The number of hydrogen-bond acceptors (Lipinski definition) is 5. The Bertz CT molecular complexity index is 950. The minimum atomic E-state index is -3.77. The Hall–Kier alpha value is -2.61. The van der Waals surface area contributed by atoms with Gasteiger partial charge in [-0.1, -0.05) is 0 Å². The molecule has 7 nitrogen and oxygen atoms in total. The third-order valence-electron chi connectivity index (χ3n) is 3.34. The fraction of sp³-hybridized carbons (Fsp3) is 0.200. The van der Waals surface area contributed by atoms with Crippen molar-refractivity contribution in [1.29, 1.82) is 0 Å². The molecule has 3 aromatic rings. The first kappa shape index (κ1) is 15.3. The molecule has 2 heterocycles. The molecule has 0 aliphatic carbocycles. The number of fused-ring (bicyclic) bond motifs is 1. The lowest BCUT2D eigenvalue weighted by Gasteiger charge is -2.12. The van der Waals surface area contributed by atoms with E-state index in [4.69, 9.17) is 4.74 Å². The van der Waals surface area contributed by atoms with E-state index in [1.807, 2.05) is 6.92 Å². The average Bonchev–Trinajstić information content (AvgIpc) is 2.92. The van der Waals surface area contributed by atoms with E-state index < -0.39 is 10.0 Å². The van der Waals surface area contributed by atoms with Crippen molar-refractivity contribution in [2.45, 2.75) is 11.8 Å². The minimum Gasteiger partial charge on any atom is -0.492 e. The van der Waals surface area contributed by atoms with Crippen LogP contribution in [0.15, 0.2) is 47.6 Å². The predicted octanol–water partition coefficient (Wildman–Crippen LogP) is 2.17. The number of nitrogens with zero attached hydrogens (tertiary/aromatic N) is 3. The molecule has 120 valence electrons. The Balaban J connectivity index is 2.13. The Labute approximate surface area is 134 Å². The summed E-state index contributed by atoms with van der Waals surface area (Å²) in [6.45, 7) is 2.34. The highest BCUT2D eigenvalue weighted by Gasteiger charge is 2.20. The first-order valence-electron chi connectivity index (χ1n) is 7.04. The Morgan fingerprint density at radius 3 is 2.74 bits per heavy atom. The van der Waals surface area contributed by atoms with Gasteiger partial charge in [0.25, 0.3) is 10.0 Å². The molecule has 0 atom stereocenters. The molecule has 0 fully saturated rings. The first-order valence-corrected chi connectivity index (χ1v) is 8.52. The molecule has 0 radical (unpaired) electrons. The van der Waals surface area contributed by atoms with Crippen LogP contribution in [0.4, 0.5) is 5.82 Å². The summed E-state index contributed by atoms with van der Waals surface area (Å²) >= 11 is 0. The molecular weight excluding hydrogens is 316 g/mol. The van der Waals surface area contributed by atoms with Crippen molar-refractivity contribution in [2.24, 2.45) is 7.05 Å². The molecule has 0 spiro atoms. The van der Waals surface area contributed by atoms with Crippen LogP contribution in [0.5, 0.6) is 5.75 Å². The maximum Gasteiger partial charge on any atom is 0.263 e. The van der Waals surface area contributed by atoms with Gasteiger partial charge in [-0.25, -0.2) is 8.42 Å². The van der Waals surface area contributed by atoms with E-state index in [0.29, 0.717) is 29.1 Å².